The zero-order valence-electron chi connectivity index (χ0n) is 12.7. The summed E-state index contributed by atoms with van der Waals surface area (Å²) in [6, 6.07) is 0. The number of unbranched alkanes of at least 4 members (excludes halogenated alkanes) is 3. The second-order valence-electron chi connectivity index (χ2n) is 6.56. The third-order valence-corrected chi connectivity index (χ3v) is 4.87. The van der Waals surface area contributed by atoms with Gasteiger partial charge in [0.05, 0.1) is 0 Å². The van der Waals surface area contributed by atoms with Crippen molar-refractivity contribution in [1.82, 2.24) is 0 Å². The van der Waals surface area contributed by atoms with Gasteiger partial charge in [-0.1, -0.05) is 72.6 Å². The van der Waals surface area contributed by atoms with E-state index < -0.39 is 0 Å². The minimum atomic E-state index is 0.908. The van der Waals surface area contributed by atoms with Crippen molar-refractivity contribution in [2.75, 3.05) is 0 Å². The van der Waals surface area contributed by atoms with E-state index >= 15 is 0 Å². The van der Waals surface area contributed by atoms with Gasteiger partial charge in [0.25, 0.3) is 0 Å². The van der Waals surface area contributed by atoms with Crippen LogP contribution in [0.15, 0.2) is 0 Å². The van der Waals surface area contributed by atoms with Crippen LogP contribution < -0.4 is 0 Å². The monoisotopic (exact) mass is 238 g/mol. The second kappa shape index (κ2) is 8.16. The van der Waals surface area contributed by atoms with E-state index in [0.29, 0.717) is 0 Å². The van der Waals surface area contributed by atoms with Crippen LogP contribution in [0.25, 0.3) is 0 Å². The fraction of sp³-hybridized carbons (Fsp3) is 1.00. The van der Waals surface area contributed by atoms with Crippen LogP contribution in [-0.4, -0.2) is 0 Å². The molecule has 3 atom stereocenters. The van der Waals surface area contributed by atoms with Crippen LogP contribution in [0, 0.1) is 23.7 Å². The molecular weight excluding hydrogens is 204 g/mol. The van der Waals surface area contributed by atoms with Crippen LogP contribution in [0.5, 0.6) is 0 Å². The van der Waals surface area contributed by atoms with E-state index in [1.54, 1.807) is 0 Å². The molecule has 1 aliphatic rings. The number of hydrogen-bond acceptors (Lipinski definition) is 0. The third kappa shape index (κ3) is 4.64. The molecule has 0 radical (unpaired) electrons. The Hall–Kier alpha value is 0. The van der Waals surface area contributed by atoms with Crippen molar-refractivity contribution in [2.24, 2.45) is 23.7 Å². The van der Waals surface area contributed by atoms with Crippen LogP contribution >= 0.6 is 0 Å². The largest absolute Gasteiger partial charge is 0.0654 e. The Balaban J connectivity index is 2.42. The van der Waals surface area contributed by atoms with Gasteiger partial charge in [0.2, 0.25) is 0 Å². The fourth-order valence-corrected chi connectivity index (χ4v) is 4.08. The van der Waals surface area contributed by atoms with Gasteiger partial charge in [0.1, 0.15) is 0 Å². The van der Waals surface area contributed by atoms with Crippen molar-refractivity contribution < 1.29 is 0 Å². The van der Waals surface area contributed by atoms with Crippen molar-refractivity contribution in [1.29, 1.82) is 0 Å². The van der Waals surface area contributed by atoms with E-state index in [9.17, 15) is 0 Å². The van der Waals surface area contributed by atoms with Crippen LogP contribution in [-0.2, 0) is 0 Å². The van der Waals surface area contributed by atoms with Gasteiger partial charge in [-0.15, -0.1) is 0 Å². The summed E-state index contributed by atoms with van der Waals surface area (Å²) < 4.78 is 0. The van der Waals surface area contributed by atoms with Gasteiger partial charge in [-0.25, -0.2) is 0 Å². The Kier molecular flexibility index (Phi) is 7.23. The van der Waals surface area contributed by atoms with Crippen molar-refractivity contribution in [2.45, 2.75) is 85.5 Å². The predicted octanol–water partition coefficient (Wildman–Crippen LogP) is 6.06. The summed E-state index contributed by atoms with van der Waals surface area (Å²) >= 11 is 0. The molecule has 0 heteroatoms. The Morgan fingerprint density at radius 3 is 1.82 bits per heavy atom. The summed E-state index contributed by atoms with van der Waals surface area (Å²) in [5.41, 5.74) is 0. The molecule has 0 heterocycles. The molecule has 0 aromatic rings. The van der Waals surface area contributed by atoms with Crippen LogP contribution in [0.2, 0.25) is 0 Å². The molecule has 0 aliphatic heterocycles. The minimum Gasteiger partial charge on any atom is -0.0654 e. The minimum absolute atomic E-state index is 0.908. The number of hydrogen-bond donors (Lipinski definition) is 0. The zero-order valence-corrected chi connectivity index (χ0v) is 12.7. The summed E-state index contributed by atoms with van der Waals surface area (Å²) in [6.07, 6.45) is 13.2. The maximum atomic E-state index is 2.46. The lowest BCUT2D eigenvalue weighted by Crippen LogP contribution is -2.21. The number of rotatable bonds is 8. The summed E-state index contributed by atoms with van der Waals surface area (Å²) in [5.74, 6) is 4.06. The highest BCUT2D eigenvalue weighted by Gasteiger charge is 2.36. The first-order valence-corrected chi connectivity index (χ1v) is 8.20. The Labute approximate surface area is 110 Å². The topological polar surface area (TPSA) is 0 Å². The van der Waals surface area contributed by atoms with E-state index in [1.807, 2.05) is 0 Å². The van der Waals surface area contributed by atoms with Gasteiger partial charge >= 0.3 is 0 Å². The average molecular weight is 238 g/mol. The Morgan fingerprint density at radius 2 is 1.35 bits per heavy atom. The molecule has 1 aliphatic carbocycles. The van der Waals surface area contributed by atoms with E-state index in [-0.39, 0.29) is 0 Å². The zero-order chi connectivity index (χ0) is 12.7. The molecule has 1 rings (SSSR count). The van der Waals surface area contributed by atoms with E-state index in [2.05, 4.69) is 27.7 Å². The molecule has 0 bridgehead atoms. The molecule has 1 saturated carbocycles. The van der Waals surface area contributed by atoms with E-state index in [0.717, 1.165) is 23.7 Å². The average Bonchev–Trinajstić information content (AvgIpc) is 2.70. The van der Waals surface area contributed by atoms with Gasteiger partial charge in [-0.05, 0) is 36.5 Å². The highest BCUT2D eigenvalue weighted by atomic mass is 14.4. The van der Waals surface area contributed by atoms with Gasteiger partial charge < -0.3 is 0 Å². The van der Waals surface area contributed by atoms with Crippen molar-refractivity contribution >= 4 is 0 Å². The summed E-state index contributed by atoms with van der Waals surface area (Å²) in [7, 11) is 0. The standard InChI is InChI=1S/C17H34/c1-5-7-9-11-16-13-12-15(10-8-6-2)17(16)14(3)4/h14-17H,5-13H2,1-4H3. The molecule has 3 unspecified atom stereocenters. The predicted molar refractivity (Wildman–Crippen MR) is 78.2 cm³/mol. The molecule has 0 aromatic heterocycles. The summed E-state index contributed by atoms with van der Waals surface area (Å²) in [5, 5.41) is 0. The van der Waals surface area contributed by atoms with E-state index in [1.165, 1.54) is 57.8 Å². The first-order valence-electron chi connectivity index (χ1n) is 8.20. The molecule has 0 N–H and O–H groups in total. The van der Waals surface area contributed by atoms with Crippen molar-refractivity contribution in [3.8, 4) is 0 Å². The van der Waals surface area contributed by atoms with E-state index in [4.69, 9.17) is 0 Å². The molecule has 17 heavy (non-hydrogen) atoms. The second-order valence-corrected chi connectivity index (χ2v) is 6.56. The molecule has 0 nitrogen and oxygen atoms in total. The van der Waals surface area contributed by atoms with Crippen molar-refractivity contribution in [3.05, 3.63) is 0 Å². The maximum Gasteiger partial charge on any atom is -0.0334 e. The quantitative estimate of drug-likeness (QED) is 0.451. The van der Waals surface area contributed by atoms with Gasteiger partial charge in [-0.2, -0.15) is 0 Å². The van der Waals surface area contributed by atoms with Gasteiger partial charge in [0.15, 0.2) is 0 Å². The van der Waals surface area contributed by atoms with Gasteiger partial charge in [0, 0.05) is 0 Å². The van der Waals surface area contributed by atoms with Crippen molar-refractivity contribution in [3.63, 3.8) is 0 Å². The highest BCUT2D eigenvalue weighted by molar-refractivity contribution is 4.86. The molecule has 0 saturated heterocycles. The molecular formula is C17H34. The van der Waals surface area contributed by atoms with Crippen LogP contribution in [0.4, 0.5) is 0 Å². The Bertz CT molecular complexity index is 182. The maximum absolute atomic E-state index is 2.46. The Morgan fingerprint density at radius 1 is 0.824 bits per heavy atom. The highest BCUT2D eigenvalue weighted by Crippen LogP contribution is 2.46. The molecule has 0 spiro atoms. The van der Waals surface area contributed by atoms with Crippen LogP contribution in [0.3, 0.4) is 0 Å². The lowest BCUT2D eigenvalue weighted by Gasteiger charge is -2.28. The lowest BCUT2D eigenvalue weighted by atomic mass is 9.77. The first-order chi connectivity index (χ1) is 8.20. The molecule has 0 amide bonds. The lowest BCUT2D eigenvalue weighted by molar-refractivity contribution is 0.208. The van der Waals surface area contributed by atoms with Crippen LogP contribution in [0.1, 0.15) is 85.5 Å². The molecule has 1 fully saturated rings. The third-order valence-electron chi connectivity index (χ3n) is 4.87. The molecule has 0 aromatic carbocycles. The normalized spacial score (nSPS) is 29.1. The molecule has 102 valence electrons. The summed E-state index contributed by atoms with van der Waals surface area (Å²) in [4.78, 5) is 0. The summed E-state index contributed by atoms with van der Waals surface area (Å²) in [6.45, 7) is 9.57. The smallest absolute Gasteiger partial charge is 0.0334 e. The SMILES string of the molecule is CCCCCC1CCC(CCCC)C1C(C)C. The first kappa shape index (κ1) is 15.1. The fourth-order valence-electron chi connectivity index (χ4n) is 4.08. The van der Waals surface area contributed by atoms with Gasteiger partial charge in [-0.3, -0.25) is 0 Å².